The van der Waals surface area contributed by atoms with Crippen molar-refractivity contribution in [1.29, 1.82) is 0 Å². The first kappa shape index (κ1) is 13.8. The van der Waals surface area contributed by atoms with Gasteiger partial charge in [-0.1, -0.05) is 12.1 Å². The van der Waals surface area contributed by atoms with Crippen molar-refractivity contribution < 1.29 is 0 Å². The molecule has 20 heavy (non-hydrogen) atoms. The molecular weight excluding hydrogens is 254 g/mol. The minimum atomic E-state index is -0.254. The summed E-state index contributed by atoms with van der Waals surface area (Å²) < 4.78 is 0. The van der Waals surface area contributed by atoms with Crippen LogP contribution in [0.5, 0.6) is 0 Å². The monoisotopic (exact) mass is 271 g/mol. The topological polar surface area (TPSA) is 96.2 Å². The number of H-pyrrole nitrogens is 1. The lowest BCUT2D eigenvalue weighted by Gasteiger charge is -2.10. The Morgan fingerprint density at radius 1 is 1.35 bits per heavy atom. The Bertz CT molecular complexity index is 718. The summed E-state index contributed by atoms with van der Waals surface area (Å²) in [5, 5.41) is 3.00. The SMILES string of the molecule is Cc1cc(=O)[nH]c(N=C(N)Nc2cccc(C)c2C)n1. The third-order valence-electron chi connectivity index (χ3n) is 2.95. The van der Waals surface area contributed by atoms with Gasteiger partial charge >= 0.3 is 0 Å². The number of nitrogens with zero attached hydrogens (tertiary/aromatic N) is 2. The van der Waals surface area contributed by atoms with Crippen LogP contribution in [0.15, 0.2) is 34.1 Å². The Kier molecular flexibility index (Phi) is 3.84. The van der Waals surface area contributed by atoms with Crippen LogP contribution in [-0.2, 0) is 0 Å². The van der Waals surface area contributed by atoms with E-state index in [0.29, 0.717) is 5.69 Å². The molecule has 1 heterocycles. The van der Waals surface area contributed by atoms with Crippen molar-refractivity contribution in [1.82, 2.24) is 9.97 Å². The third kappa shape index (κ3) is 3.23. The summed E-state index contributed by atoms with van der Waals surface area (Å²) in [6.07, 6.45) is 0. The van der Waals surface area contributed by atoms with Crippen molar-refractivity contribution in [2.24, 2.45) is 10.7 Å². The number of benzene rings is 1. The Balaban J connectivity index is 2.27. The second-order valence-corrected chi connectivity index (χ2v) is 4.58. The van der Waals surface area contributed by atoms with E-state index < -0.39 is 0 Å². The molecule has 6 heteroatoms. The fraction of sp³-hybridized carbons (Fsp3) is 0.214. The molecule has 4 N–H and O–H groups in total. The van der Waals surface area contributed by atoms with Crippen LogP contribution in [0.25, 0.3) is 0 Å². The molecule has 2 rings (SSSR count). The molecule has 0 amide bonds. The molecule has 0 bridgehead atoms. The fourth-order valence-electron chi connectivity index (χ4n) is 1.78. The van der Waals surface area contributed by atoms with E-state index >= 15 is 0 Å². The maximum atomic E-state index is 11.3. The zero-order chi connectivity index (χ0) is 14.7. The zero-order valence-corrected chi connectivity index (χ0v) is 11.7. The van der Waals surface area contributed by atoms with Gasteiger partial charge in [-0.2, -0.15) is 4.99 Å². The smallest absolute Gasteiger partial charge is 0.252 e. The summed E-state index contributed by atoms with van der Waals surface area (Å²) in [4.78, 5) is 22.0. The first-order valence-electron chi connectivity index (χ1n) is 6.21. The van der Waals surface area contributed by atoms with E-state index in [4.69, 9.17) is 5.73 Å². The normalized spacial score (nSPS) is 11.4. The highest BCUT2D eigenvalue weighted by molar-refractivity contribution is 5.94. The van der Waals surface area contributed by atoms with Crippen molar-refractivity contribution in [3.05, 3.63) is 51.4 Å². The predicted molar refractivity (Wildman–Crippen MR) is 80.4 cm³/mol. The molecule has 1 aromatic heterocycles. The average molecular weight is 271 g/mol. The number of anilines is 1. The Hall–Kier alpha value is -2.63. The van der Waals surface area contributed by atoms with Crippen LogP contribution < -0.4 is 16.6 Å². The number of aryl methyl sites for hydroxylation is 2. The number of nitrogens with one attached hydrogen (secondary N) is 2. The van der Waals surface area contributed by atoms with Crippen molar-refractivity contribution >= 4 is 17.6 Å². The number of aromatic nitrogens is 2. The number of guanidine groups is 1. The highest BCUT2D eigenvalue weighted by Gasteiger charge is 2.03. The molecule has 0 fully saturated rings. The Morgan fingerprint density at radius 2 is 2.10 bits per heavy atom. The summed E-state index contributed by atoms with van der Waals surface area (Å²) >= 11 is 0. The van der Waals surface area contributed by atoms with Gasteiger partial charge in [-0.15, -0.1) is 0 Å². The van der Waals surface area contributed by atoms with E-state index in [1.165, 1.54) is 6.07 Å². The molecular formula is C14H17N5O. The minimum absolute atomic E-state index is 0.174. The summed E-state index contributed by atoms with van der Waals surface area (Å²) in [5.41, 5.74) is 9.30. The summed E-state index contributed by atoms with van der Waals surface area (Å²) in [6.45, 7) is 5.74. The van der Waals surface area contributed by atoms with E-state index in [-0.39, 0.29) is 17.5 Å². The molecule has 0 saturated heterocycles. The maximum absolute atomic E-state index is 11.3. The standard InChI is InChI=1S/C14H17N5O/c1-8-5-4-6-11(10(8)3)17-13(15)19-14-16-9(2)7-12(20)18-14/h4-7H,1-3H3,(H4,15,16,17,18,19,20). The second kappa shape index (κ2) is 5.56. The van der Waals surface area contributed by atoms with E-state index in [1.807, 2.05) is 32.0 Å². The molecule has 0 aliphatic rings. The van der Waals surface area contributed by atoms with E-state index in [9.17, 15) is 4.79 Å². The van der Waals surface area contributed by atoms with Crippen molar-refractivity contribution in [2.45, 2.75) is 20.8 Å². The summed E-state index contributed by atoms with van der Waals surface area (Å²) in [5.74, 6) is 0.359. The van der Waals surface area contributed by atoms with E-state index in [0.717, 1.165) is 16.8 Å². The van der Waals surface area contributed by atoms with Gasteiger partial charge in [0.2, 0.25) is 11.9 Å². The van der Waals surface area contributed by atoms with Crippen LogP contribution in [0, 0.1) is 20.8 Å². The van der Waals surface area contributed by atoms with Gasteiger partial charge in [0.25, 0.3) is 5.56 Å². The van der Waals surface area contributed by atoms with Gasteiger partial charge in [0.15, 0.2) is 0 Å². The first-order valence-corrected chi connectivity index (χ1v) is 6.21. The van der Waals surface area contributed by atoms with Crippen molar-refractivity contribution in [3.63, 3.8) is 0 Å². The quantitative estimate of drug-likeness (QED) is 0.572. The molecule has 0 unspecified atom stereocenters. The van der Waals surface area contributed by atoms with Crippen LogP contribution >= 0.6 is 0 Å². The second-order valence-electron chi connectivity index (χ2n) is 4.58. The number of hydrogen-bond acceptors (Lipinski definition) is 3. The number of aromatic amines is 1. The predicted octanol–water partition coefficient (Wildman–Crippen LogP) is 1.75. The third-order valence-corrected chi connectivity index (χ3v) is 2.95. The number of nitrogens with two attached hydrogens (primary N) is 1. The maximum Gasteiger partial charge on any atom is 0.252 e. The molecule has 104 valence electrons. The van der Waals surface area contributed by atoms with Crippen LogP contribution in [0.2, 0.25) is 0 Å². The lowest BCUT2D eigenvalue weighted by Crippen LogP contribution is -2.23. The van der Waals surface area contributed by atoms with E-state index in [1.54, 1.807) is 6.92 Å². The van der Waals surface area contributed by atoms with Gasteiger partial charge in [0.05, 0.1) is 0 Å². The highest BCUT2D eigenvalue weighted by Crippen LogP contribution is 2.17. The van der Waals surface area contributed by atoms with Crippen LogP contribution in [0.3, 0.4) is 0 Å². The lowest BCUT2D eigenvalue weighted by molar-refractivity contribution is 1.05. The first-order chi connectivity index (χ1) is 9.45. The van der Waals surface area contributed by atoms with Crippen LogP contribution in [0.4, 0.5) is 11.6 Å². The average Bonchev–Trinajstić information content (AvgIpc) is 2.33. The molecule has 0 radical (unpaired) electrons. The van der Waals surface area contributed by atoms with Crippen molar-refractivity contribution in [2.75, 3.05) is 5.32 Å². The Labute approximate surface area is 116 Å². The molecule has 1 aromatic carbocycles. The molecule has 0 aliphatic heterocycles. The van der Waals surface area contributed by atoms with Crippen LogP contribution in [0.1, 0.15) is 16.8 Å². The Morgan fingerprint density at radius 3 is 2.80 bits per heavy atom. The molecule has 6 nitrogen and oxygen atoms in total. The molecule has 0 saturated carbocycles. The van der Waals surface area contributed by atoms with Gasteiger partial charge in [0, 0.05) is 17.4 Å². The molecule has 0 aliphatic carbocycles. The number of rotatable bonds is 2. The molecule has 2 aromatic rings. The lowest BCUT2D eigenvalue weighted by atomic mass is 10.1. The summed E-state index contributed by atoms with van der Waals surface area (Å²) in [7, 11) is 0. The van der Waals surface area contributed by atoms with Gasteiger partial charge in [-0.3, -0.25) is 9.78 Å². The highest BCUT2D eigenvalue weighted by atomic mass is 16.1. The van der Waals surface area contributed by atoms with E-state index in [2.05, 4.69) is 20.3 Å². The molecule has 0 spiro atoms. The minimum Gasteiger partial charge on any atom is -0.369 e. The van der Waals surface area contributed by atoms with Gasteiger partial charge in [-0.05, 0) is 38.0 Å². The number of aliphatic imine (C=N–C) groups is 1. The molecule has 0 atom stereocenters. The van der Waals surface area contributed by atoms with Gasteiger partial charge in [0.1, 0.15) is 0 Å². The van der Waals surface area contributed by atoms with Gasteiger partial charge < -0.3 is 11.1 Å². The van der Waals surface area contributed by atoms with Crippen LogP contribution in [-0.4, -0.2) is 15.9 Å². The van der Waals surface area contributed by atoms with Crippen molar-refractivity contribution in [3.8, 4) is 0 Å². The zero-order valence-electron chi connectivity index (χ0n) is 11.7. The number of hydrogen-bond donors (Lipinski definition) is 3. The summed E-state index contributed by atoms with van der Waals surface area (Å²) in [6, 6.07) is 7.27. The largest absolute Gasteiger partial charge is 0.369 e. The van der Waals surface area contributed by atoms with Gasteiger partial charge in [-0.25, -0.2) is 4.98 Å². The fourth-order valence-corrected chi connectivity index (χ4v) is 1.78.